The Hall–Kier alpha value is -4.02. The number of rotatable bonds is 5. The third kappa shape index (κ3) is 4.53. The second kappa shape index (κ2) is 8.97. The van der Waals surface area contributed by atoms with Crippen molar-refractivity contribution in [2.24, 2.45) is 0 Å². The predicted octanol–water partition coefficient (Wildman–Crippen LogP) is 4.48. The van der Waals surface area contributed by atoms with Crippen LogP contribution in [0.4, 0.5) is 17.6 Å². The number of amides is 1. The standard InChI is InChI=1S/C24H20F4N6O/c25-16-9-11-17(12-10-16)34-22(24(26,27)28)21(31-32-34)23(35)30-19-7-4-8-20-18(19)13-29-33(20)14-15-5-2-1-3-6-15/h1-3,5-6,9-13,19H,4,7-8,14H2,(H,30,35). The normalized spacial score (nSPS) is 15.6. The summed E-state index contributed by atoms with van der Waals surface area (Å²) in [5, 5.41) is 14.2. The quantitative estimate of drug-likeness (QED) is 0.424. The molecule has 1 aliphatic rings. The predicted molar refractivity (Wildman–Crippen MR) is 117 cm³/mol. The van der Waals surface area contributed by atoms with E-state index in [-0.39, 0.29) is 5.69 Å². The van der Waals surface area contributed by atoms with Gasteiger partial charge in [-0.05, 0) is 49.1 Å². The van der Waals surface area contributed by atoms with Gasteiger partial charge in [0.1, 0.15) is 5.82 Å². The van der Waals surface area contributed by atoms with Gasteiger partial charge in [-0.3, -0.25) is 9.48 Å². The Kier molecular flexibility index (Phi) is 5.83. The lowest BCUT2D eigenvalue weighted by molar-refractivity contribution is -0.143. The maximum Gasteiger partial charge on any atom is 0.435 e. The van der Waals surface area contributed by atoms with Gasteiger partial charge in [0, 0.05) is 11.3 Å². The summed E-state index contributed by atoms with van der Waals surface area (Å²) in [6, 6.07) is 13.5. The van der Waals surface area contributed by atoms with Gasteiger partial charge in [-0.15, -0.1) is 5.10 Å². The SMILES string of the molecule is O=C(NC1CCCc2c1cnn2Cc1ccccc1)c1nnn(-c2ccc(F)cc2)c1C(F)(F)F. The Morgan fingerprint density at radius 3 is 2.54 bits per heavy atom. The number of halogens is 4. The first-order valence-electron chi connectivity index (χ1n) is 11.0. The van der Waals surface area contributed by atoms with E-state index in [1.54, 1.807) is 6.20 Å². The molecule has 35 heavy (non-hydrogen) atoms. The summed E-state index contributed by atoms with van der Waals surface area (Å²) in [6.45, 7) is 0.557. The molecule has 1 N–H and O–H groups in total. The lowest BCUT2D eigenvalue weighted by atomic mass is 9.92. The van der Waals surface area contributed by atoms with E-state index >= 15 is 0 Å². The molecule has 2 aromatic heterocycles. The number of alkyl halides is 3. The molecule has 4 aromatic rings. The van der Waals surface area contributed by atoms with Crippen LogP contribution < -0.4 is 5.32 Å². The van der Waals surface area contributed by atoms with Crippen molar-refractivity contribution < 1.29 is 22.4 Å². The zero-order valence-corrected chi connectivity index (χ0v) is 18.3. The van der Waals surface area contributed by atoms with Gasteiger partial charge in [0.05, 0.1) is 24.5 Å². The number of hydrogen-bond acceptors (Lipinski definition) is 4. The van der Waals surface area contributed by atoms with Gasteiger partial charge in [0.2, 0.25) is 0 Å². The van der Waals surface area contributed by atoms with E-state index in [2.05, 4.69) is 20.7 Å². The van der Waals surface area contributed by atoms with E-state index in [9.17, 15) is 22.4 Å². The number of carbonyl (C=O) groups excluding carboxylic acids is 1. The van der Waals surface area contributed by atoms with E-state index in [1.807, 2.05) is 35.0 Å². The highest BCUT2D eigenvalue weighted by Crippen LogP contribution is 2.34. The first-order chi connectivity index (χ1) is 16.8. The number of nitrogens with zero attached hydrogens (tertiary/aromatic N) is 5. The second-order valence-electron chi connectivity index (χ2n) is 8.28. The maximum absolute atomic E-state index is 13.9. The van der Waals surface area contributed by atoms with Crippen LogP contribution in [-0.2, 0) is 19.1 Å². The molecule has 0 saturated carbocycles. The lowest BCUT2D eigenvalue weighted by Gasteiger charge is -2.24. The first kappa shape index (κ1) is 22.8. The third-order valence-corrected chi connectivity index (χ3v) is 5.97. The molecule has 7 nitrogen and oxygen atoms in total. The van der Waals surface area contributed by atoms with Crippen molar-refractivity contribution in [1.29, 1.82) is 0 Å². The molecular weight excluding hydrogens is 464 g/mol. The van der Waals surface area contributed by atoms with Crippen LogP contribution in [0.1, 0.15) is 51.9 Å². The van der Waals surface area contributed by atoms with Crippen molar-refractivity contribution in [1.82, 2.24) is 30.1 Å². The number of carbonyl (C=O) groups is 1. The molecule has 2 heterocycles. The van der Waals surface area contributed by atoms with Crippen LogP contribution in [0.15, 0.2) is 60.8 Å². The fourth-order valence-corrected chi connectivity index (χ4v) is 4.34. The molecule has 0 fully saturated rings. The van der Waals surface area contributed by atoms with Crippen LogP contribution in [0, 0.1) is 5.82 Å². The van der Waals surface area contributed by atoms with E-state index in [0.29, 0.717) is 17.6 Å². The van der Waals surface area contributed by atoms with Crippen molar-refractivity contribution >= 4 is 5.91 Å². The van der Waals surface area contributed by atoms with Crippen molar-refractivity contribution in [3.63, 3.8) is 0 Å². The average Bonchev–Trinajstić information content (AvgIpc) is 3.46. The number of nitrogens with one attached hydrogen (secondary N) is 1. The Bertz CT molecular complexity index is 1340. The minimum absolute atomic E-state index is 0.0626. The summed E-state index contributed by atoms with van der Waals surface area (Å²) in [5.41, 5.74) is 0.559. The minimum atomic E-state index is -4.91. The van der Waals surface area contributed by atoms with Crippen molar-refractivity contribution in [3.05, 3.63) is 94.8 Å². The van der Waals surface area contributed by atoms with Crippen LogP contribution in [-0.4, -0.2) is 30.7 Å². The Morgan fingerprint density at radius 2 is 1.83 bits per heavy atom. The van der Waals surface area contributed by atoms with Gasteiger partial charge >= 0.3 is 6.18 Å². The van der Waals surface area contributed by atoms with Crippen LogP contribution in [0.3, 0.4) is 0 Å². The monoisotopic (exact) mass is 484 g/mol. The van der Waals surface area contributed by atoms with Gasteiger partial charge < -0.3 is 5.32 Å². The Morgan fingerprint density at radius 1 is 1.09 bits per heavy atom. The molecule has 1 unspecified atom stereocenters. The largest absolute Gasteiger partial charge is 0.435 e. The molecule has 11 heteroatoms. The van der Waals surface area contributed by atoms with Gasteiger partial charge in [-0.1, -0.05) is 35.5 Å². The summed E-state index contributed by atoms with van der Waals surface area (Å²) in [6.07, 6.45) is -1.20. The van der Waals surface area contributed by atoms with Crippen LogP contribution >= 0.6 is 0 Å². The van der Waals surface area contributed by atoms with Gasteiger partial charge in [0.15, 0.2) is 11.4 Å². The fourth-order valence-electron chi connectivity index (χ4n) is 4.34. The van der Waals surface area contributed by atoms with E-state index in [1.165, 1.54) is 0 Å². The summed E-state index contributed by atoms with van der Waals surface area (Å²) >= 11 is 0. The Labute approximate surface area is 197 Å². The zero-order chi connectivity index (χ0) is 24.6. The topological polar surface area (TPSA) is 77.6 Å². The maximum atomic E-state index is 13.9. The molecule has 1 amide bonds. The van der Waals surface area contributed by atoms with E-state index < -0.39 is 35.3 Å². The average molecular weight is 484 g/mol. The van der Waals surface area contributed by atoms with Crippen LogP contribution in [0.25, 0.3) is 5.69 Å². The van der Waals surface area contributed by atoms with Crippen LogP contribution in [0.2, 0.25) is 0 Å². The fraction of sp³-hybridized carbons (Fsp3) is 0.250. The van der Waals surface area contributed by atoms with E-state index in [4.69, 9.17) is 0 Å². The molecule has 1 atom stereocenters. The summed E-state index contributed by atoms with van der Waals surface area (Å²) in [4.78, 5) is 13.0. The highest BCUT2D eigenvalue weighted by Gasteiger charge is 2.42. The number of hydrogen-bond donors (Lipinski definition) is 1. The van der Waals surface area contributed by atoms with Gasteiger partial charge in [-0.2, -0.15) is 18.3 Å². The highest BCUT2D eigenvalue weighted by atomic mass is 19.4. The van der Waals surface area contributed by atoms with Crippen molar-refractivity contribution in [2.45, 2.75) is 38.0 Å². The number of fused-ring (bicyclic) bond motifs is 1. The summed E-state index contributed by atoms with van der Waals surface area (Å²) in [7, 11) is 0. The van der Waals surface area contributed by atoms with Crippen molar-refractivity contribution in [3.8, 4) is 5.69 Å². The number of aromatic nitrogens is 5. The molecule has 2 aromatic carbocycles. The van der Waals surface area contributed by atoms with Gasteiger partial charge in [-0.25, -0.2) is 9.07 Å². The summed E-state index contributed by atoms with van der Waals surface area (Å²) in [5.74, 6) is -1.60. The molecule has 0 spiro atoms. The molecule has 180 valence electrons. The number of benzene rings is 2. The second-order valence-corrected chi connectivity index (χ2v) is 8.28. The highest BCUT2D eigenvalue weighted by molar-refractivity contribution is 5.94. The molecule has 0 bridgehead atoms. The third-order valence-electron chi connectivity index (χ3n) is 5.97. The first-order valence-corrected chi connectivity index (χ1v) is 11.0. The lowest BCUT2D eigenvalue weighted by Crippen LogP contribution is -2.33. The van der Waals surface area contributed by atoms with Crippen LogP contribution in [0.5, 0.6) is 0 Å². The van der Waals surface area contributed by atoms with E-state index in [0.717, 1.165) is 53.9 Å². The molecule has 5 rings (SSSR count). The molecule has 0 aliphatic heterocycles. The summed E-state index contributed by atoms with van der Waals surface area (Å²) < 4.78 is 57.4. The minimum Gasteiger partial charge on any atom is -0.344 e. The molecular formula is C24H20F4N6O. The van der Waals surface area contributed by atoms with Gasteiger partial charge in [0.25, 0.3) is 5.91 Å². The molecule has 0 saturated heterocycles. The Balaban J connectivity index is 1.42. The van der Waals surface area contributed by atoms with Crippen molar-refractivity contribution in [2.75, 3.05) is 0 Å². The smallest absolute Gasteiger partial charge is 0.344 e. The zero-order valence-electron chi connectivity index (χ0n) is 18.3. The molecule has 1 aliphatic carbocycles. The molecule has 0 radical (unpaired) electrons.